The van der Waals surface area contributed by atoms with E-state index in [-0.39, 0.29) is 5.56 Å². The minimum Gasteiger partial charge on any atom is -0.496 e. The molecule has 0 bridgehead atoms. The van der Waals surface area contributed by atoms with Gasteiger partial charge in [-0.25, -0.2) is 13.2 Å². The highest BCUT2D eigenvalue weighted by atomic mass is 35.5. The van der Waals surface area contributed by atoms with Gasteiger partial charge in [0.2, 0.25) is 0 Å². The summed E-state index contributed by atoms with van der Waals surface area (Å²) in [6.45, 7) is 0. The van der Waals surface area contributed by atoms with Crippen molar-refractivity contribution in [3.63, 3.8) is 0 Å². The van der Waals surface area contributed by atoms with Crippen molar-refractivity contribution in [1.29, 1.82) is 0 Å². The molecule has 1 atom stereocenters. The number of halogens is 5. The summed E-state index contributed by atoms with van der Waals surface area (Å²) in [5, 5.41) is -0.687. The molecule has 0 aliphatic heterocycles. The number of rotatable bonds is 3. The lowest BCUT2D eigenvalue weighted by Gasteiger charge is -2.15. The SMILES string of the molecule is COc1ccc(Cl)cc1C(Cl)c1cc(F)c(F)cc1F. The summed E-state index contributed by atoms with van der Waals surface area (Å²) < 4.78 is 45.0. The van der Waals surface area contributed by atoms with Crippen LogP contribution < -0.4 is 4.74 Å². The second kappa shape index (κ2) is 5.94. The Kier molecular flexibility index (Phi) is 4.45. The fourth-order valence-electron chi connectivity index (χ4n) is 1.80. The van der Waals surface area contributed by atoms with E-state index in [1.807, 2.05) is 0 Å². The molecule has 0 N–H and O–H groups in total. The zero-order valence-corrected chi connectivity index (χ0v) is 11.8. The van der Waals surface area contributed by atoms with Crippen LogP contribution in [0.3, 0.4) is 0 Å². The summed E-state index contributed by atoms with van der Waals surface area (Å²) in [6, 6.07) is 5.80. The molecule has 0 fully saturated rings. The van der Waals surface area contributed by atoms with Crippen LogP contribution in [0.15, 0.2) is 30.3 Å². The van der Waals surface area contributed by atoms with Gasteiger partial charge in [0.1, 0.15) is 11.6 Å². The molecular weight excluding hydrogens is 312 g/mol. The Labute approximate surface area is 123 Å². The van der Waals surface area contributed by atoms with Crippen LogP contribution in [-0.4, -0.2) is 7.11 Å². The maximum absolute atomic E-state index is 13.7. The third-order valence-electron chi connectivity index (χ3n) is 2.78. The van der Waals surface area contributed by atoms with Crippen LogP contribution in [0.2, 0.25) is 5.02 Å². The highest BCUT2D eigenvalue weighted by Gasteiger charge is 2.21. The van der Waals surface area contributed by atoms with Gasteiger partial charge in [0.05, 0.1) is 12.5 Å². The van der Waals surface area contributed by atoms with E-state index >= 15 is 0 Å². The van der Waals surface area contributed by atoms with E-state index in [1.54, 1.807) is 12.1 Å². The van der Waals surface area contributed by atoms with Crippen LogP contribution in [0.5, 0.6) is 5.75 Å². The molecule has 2 aromatic carbocycles. The summed E-state index contributed by atoms with van der Waals surface area (Å²) in [7, 11) is 1.41. The second-order valence-electron chi connectivity index (χ2n) is 4.04. The van der Waals surface area contributed by atoms with Crippen molar-refractivity contribution in [3.05, 3.63) is 63.9 Å². The Balaban J connectivity index is 2.54. The highest BCUT2D eigenvalue weighted by Crippen LogP contribution is 2.38. The maximum atomic E-state index is 13.7. The Morgan fingerprint density at radius 1 is 0.950 bits per heavy atom. The summed E-state index contributed by atoms with van der Waals surface area (Å²) >= 11 is 12.0. The number of hydrogen-bond acceptors (Lipinski definition) is 1. The zero-order chi connectivity index (χ0) is 14.9. The van der Waals surface area contributed by atoms with E-state index in [4.69, 9.17) is 27.9 Å². The first-order chi connectivity index (χ1) is 9.43. The van der Waals surface area contributed by atoms with Crippen molar-refractivity contribution in [2.45, 2.75) is 5.38 Å². The summed E-state index contributed by atoms with van der Waals surface area (Å²) in [5.41, 5.74) is 0.178. The molecule has 0 amide bonds. The summed E-state index contributed by atoms with van der Waals surface area (Å²) in [5.74, 6) is -3.01. The van der Waals surface area contributed by atoms with Crippen LogP contribution in [0, 0.1) is 17.5 Å². The smallest absolute Gasteiger partial charge is 0.161 e. The summed E-state index contributed by atoms with van der Waals surface area (Å²) in [6.07, 6.45) is 0. The molecule has 0 radical (unpaired) electrons. The quantitative estimate of drug-likeness (QED) is 0.565. The Bertz CT molecular complexity index is 647. The van der Waals surface area contributed by atoms with Crippen LogP contribution in [0.25, 0.3) is 0 Å². The first-order valence-electron chi connectivity index (χ1n) is 5.56. The predicted molar refractivity (Wildman–Crippen MR) is 72.0 cm³/mol. The van der Waals surface area contributed by atoms with Gasteiger partial charge in [0, 0.05) is 22.2 Å². The Morgan fingerprint density at radius 3 is 2.25 bits per heavy atom. The van der Waals surface area contributed by atoms with Gasteiger partial charge in [-0.3, -0.25) is 0 Å². The normalized spacial score (nSPS) is 12.3. The molecule has 0 aliphatic rings. The maximum Gasteiger partial charge on any atom is 0.161 e. The fourth-order valence-corrected chi connectivity index (χ4v) is 2.32. The van der Waals surface area contributed by atoms with Gasteiger partial charge >= 0.3 is 0 Å². The van der Waals surface area contributed by atoms with Gasteiger partial charge in [-0.1, -0.05) is 11.6 Å². The number of methoxy groups -OCH3 is 1. The van der Waals surface area contributed by atoms with Gasteiger partial charge < -0.3 is 4.74 Å². The molecule has 106 valence electrons. The largest absolute Gasteiger partial charge is 0.496 e. The molecule has 0 saturated carbocycles. The molecule has 6 heteroatoms. The van der Waals surface area contributed by atoms with E-state index < -0.39 is 22.8 Å². The van der Waals surface area contributed by atoms with E-state index in [0.29, 0.717) is 22.4 Å². The van der Waals surface area contributed by atoms with E-state index in [9.17, 15) is 13.2 Å². The first-order valence-corrected chi connectivity index (χ1v) is 6.37. The van der Waals surface area contributed by atoms with Crippen molar-refractivity contribution < 1.29 is 17.9 Å². The molecule has 0 heterocycles. The average Bonchev–Trinajstić information content (AvgIpc) is 2.42. The van der Waals surface area contributed by atoms with Crippen molar-refractivity contribution in [2.75, 3.05) is 7.11 Å². The molecule has 0 aliphatic carbocycles. The average molecular weight is 321 g/mol. The van der Waals surface area contributed by atoms with E-state index in [2.05, 4.69) is 0 Å². The first kappa shape index (κ1) is 15.0. The molecule has 2 aromatic rings. The van der Waals surface area contributed by atoms with E-state index in [0.717, 1.165) is 6.07 Å². The van der Waals surface area contributed by atoms with Crippen molar-refractivity contribution >= 4 is 23.2 Å². The molecule has 0 aromatic heterocycles. The fraction of sp³-hybridized carbons (Fsp3) is 0.143. The highest BCUT2D eigenvalue weighted by molar-refractivity contribution is 6.31. The second-order valence-corrected chi connectivity index (χ2v) is 4.91. The van der Waals surface area contributed by atoms with Crippen molar-refractivity contribution in [2.24, 2.45) is 0 Å². The Morgan fingerprint density at radius 2 is 1.60 bits per heavy atom. The number of benzene rings is 2. The Hall–Kier alpha value is -1.39. The standard InChI is InChI=1S/C14H9Cl2F3O/c1-20-13-3-2-7(15)4-9(13)14(16)8-5-11(18)12(19)6-10(8)17/h2-6,14H,1H3. The van der Waals surface area contributed by atoms with Crippen LogP contribution in [0.1, 0.15) is 16.5 Å². The van der Waals surface area contributed by atoms with E-state index in [1.165, 1.54) is 13.2 Å². The molecule has 0 saturated heterocycles. The third-order valence-corrected chi connectivity index (χ3v) is 3.48. The van der Waals surface area contributed by atoms with Crippen molar-refractivity contribution in [1.82, 2.24) is 0 Å². The molecule has 20 heavy (non-hydrogen) atoms. The third kappa shape index (κ3) is 2.86. The lowest BCUT2D eigenvalue weighted by Crippen LogP contribution is -2.02. The summed E-state index contributed by atoms with van der Waals surface area (Å²) in [4.78, 5) is 0. The van der Waals surface area contributed by atoms with Gasteiger partial charge in [0.15, 0.2) is 11.6 Å². The molecule has 1 unspecified atom stereocenters. The van der Waals surface area contributed by atoms with Crippen molar-refractivity contribution in [3.8, 4) is 5.75 Å². The number of hydrogen-bond donors (Lipinski definition) is 0. The monoisotopic (exact) mass is 320 g/mol. The van der Waals surface area contributed by atoms with Gasteiger partial charge in [0.25, 0.3) is 0 Å². The predicted octanol–water partition coefficient (Wildman–Crippen LogP) is 5.09. The molecule has 0 spiro atoms. The number of alkyl halides is 1. The van der Waals surface area contributed by atoms with Gasteiger partial charge in [-0.15, -0.1) is 11.6 Å². The van der Waals surface area contributed by atoms with Crippen LogP contribution >= 0.6 is 23.2 Å². The zero-order valence-electron chi connectivity index (χ0n) is 10.3. The molecule has 1 nitrogen and oxygen atoms in total. The topological polar surface area (TPSA) is 9.23 Å². The molecular formula is C14H9Cl2F3O. The lowest BCUT2D eigenvalue weighted by molar-refractivity contribution is 0.409. The lowest BCUT2D eigenvalue weighted by atomic mass is 10.0. The van der Waals surface area contributed by atoms with Gasteiger partial charge in [-0.05, 0) is 24.3 Å². The van der Waals surface area contributed by atoms with Crippen LogP contribution in [0.4, 0.5) is 13.2 Å². The minimum absolute atomic E-state index is 0.189. The number of ether oxygens (including phenoxy) is 1. The minimum atomic E-state index is -1.27. The van der Waals surface area contributed by atoms with Crippen LogP contribution in [-0.2, 0) is 0 Å². The van der Waals surface area contributed by atoms with Gasteiger partial charge in [-0.2, -0.15) is 0 Å². The molecule has 2 rings (SSSR count).